The van der Waals surface area contributed by atoms with Crippen molar-refractivity contribution in [2.75, 3.05) is 5.32 Å². The fourth-order valence-corrected chi connectivity index (χ4v) is 1.17. The van der Waals surface area contributed by atoms with Gasteiger partial charge in [-0.05, 0) is 6.92 Å². The highest BCUT2D eigenvalue weighted by Gasteiger charge is 2.01. The lowest BCUT2D eigenvalue weighted by molar-refractivity contribution is 0.580. The second kappa shape index (κ2) is 4.04. The van der Waals surface area contributed by atoms with Crippen molar-refractivity contribution in [3.8, 4) is 0 Å². The molecule has 0 saturated carbocycles. The maximum Gasteiger partial charge on any atom is 0.217 e. The highest BCUT2D eigenvalue weighted by atomic mass is 19.1. The van der Waals surface area contributed by atoms with E-state index in [-0.39, 0.29) is 0 Å². The lowest BCUT2D eigenvalue weighted by atomic mass is 10.2. The quantitative estimate of drug-likeness (QED) is 0.743. The van der Waals surface area contributed by atoms with Crippen LogP contribution in [-0.4, -0.2) is 20.2 Å². The topological polar surface area (TPSA) is 66.5 Å². The van der Waals surface area contributed by atoms with Crippen molar-refractivity contribution in [3.05, 3.63) is 35.8 Å². The summed E-state index contributed by atoms with van der Waals surface area (Å²) in [5, 5.41) is 9.68. The largest absolute Gasteiger partial charge is 0.366 e. The number of aromatic nitrogens is 4. The van der Waals surface area contributed by atoms with Gasteiger partial charge < -0.3 is 5.32 Å². The zero-order chi connectivity index (χ0) is 10.7. The van der Waals surface area contributed by atoms with Gasteiger partial charge in [-0.15, -0.1) is 0 Å². The predicted octanol–water partition coefficient (Wildman–Crippen LogP) is 1.26. The van der Waals surface area contributed by atoms with Crippen LogP contribution in [0, 0.1) is 12.9 Å². The average Bonchev–Trinajstić information content (AvgIpc) is 2.61. The molecule has 0 aliphatic rings. The molecular formula is C9H10FN5. The normalized spacial score (nSPS) is 10.3. The molecule has 5 nitrogen and oxygen atoms in total. The van der Waals surface area contributed by atoms with Crippen molar-refractivity contribution in [3.63, 3.8) is 0 Å². The second-order valence-electron chi connectivity index (χ2n) is 3.10. The fourth-order valence-electron chi connectivity index (χ4n) is 1.17. The fraction of sp³-hybridized carbons (Fsp3) is 0.222. The molecule has 15 heavy (non-hydrogen) atoms. The van der Waals surface area contributed by atoms with Gasteiger partial charge in [-0.3, -0.25) is 5.10 Å². The van der Waals surface area contributed by atoms with Crippen LogP contribution in [-0.2, 0) is 6.54 Å². The van der Waals surface area contributed by atoms with Crippen LogP contribution in [0.5, 0.6) is 0 Å². The first-order chi connectivity index (χ1) is 7.25. The van der Waals surface area contributed by atoms with E-state index in [2.05, 4.69) is 25.5 Å². The molecule has 2 rings (SSSR count). The smallest absolute Gasteiger partial charge is 0.217 e. The Bertz CT molecular complexity index is 453. The SMILES string of the molecule is Cc1[nH]ncc1CNc1cc(F)ncn1. The van der Waals surface area contributed by atoms with Crippen molar-refractivity contribution in [1.82, 2.24) is 20.2 Å². The number of nitrogens with zero attached hydrogens (tertiary/aromatic N) is 3. The van der Waals surface area contributed by atoms with Crippen LogP contribution in [0.3, 0.4) is 0 Å². The first-order valence-electron chi connectivity index (χ1n) is 4.46. The minimum Gasteiger partial charge on any atom is -0.366 e. The Morgan fingerprint density at radius 2 is 2.33 bits per heavy atom. The highest BCUT2D eigenvalue weighted by molar-refractivity contribution is 5.34. The Kier molecular flexibility index (Phi) is 2.57. The third-order valence-electron chi connectivity index (χ3n) is 2.03. The molecule has 0 radical (unpaired) electrons. The van der Waals surface area contributed by atoms with E-state index in [4.69, 9.17) is 0 Å². The molecule has 0 saturated heterocycles. The molecule has 2 aromatic heterocycles. The van der Waals surface area contributed by atoms with Crippen LogP contribution in [0.25, 0.3) is 0 Å². The Labute approximate surface area is 85.8 Å². The first kappa shape index (κ1) is 9.57. The van der Waals surface area contributed by atoms with Gasteiger partial charge in [-0.25, -0.2) is 9.97 Å². The molecule has 0 aliphatic heterocycles. The summed E-state index contributed by atoms with van der Waals surface area (Å²) >= 11 is 0. The highest BCUT2D eigenvalue weighted by Crippen LogP contribution is 2.07. The van der Waals surface area contributed by atoms with Gasteiger partial charge in [0, 0.05) is 23.9 Å². The number of anilines is 1. The number of rotatable bonds is 3. The van der Waals surface area contributed by atoms with Crippen LogP contribution < -0.4 is 5.32 Å². The van der Waals surface area contributed by atoms with Gasteiger partial charge in [-0.2, -0.15) is 9.49 Å². The number of nitrogens with one attached hydrogen (secondary N) is 2. The van der Waals surface area contributed by atoms with Gasteiger partial charge >= 0.3 is 0 Å². The summed E-state index contributed by atoms with van der Waals surface area (Å²) in [6.07, 6.45) is 2.90. The zero-order valence-electron chi connectivity index (χ0n) is 8.16. The molecule has 0 unspecified atom stereocenters. The van der Waals surface area contributed by atoms with E-state index in [9.17, 15) is 4.39 Å². The average molecular weight is 207 g/mol. The van der Waals surface area contributed by atoms with Gasteiger partial charge in [0.25, 0.3) is 0 Å². The number of hydrogen-bond donors (Lipinski definition) is 2. The number of H-pyrrole nitrogens is 1. The van der Waals surface area contributed by atoms with Crippen LogP contribution in [0.1, 0.15) is 11.3 Å². The van der Waals surface area contributed by atoms with Crippen molar-refractivity contribution in [2.45, 2.75) is 13.5 Å². The van der Waals surface area contributed by atoms with E-state index in [1.807, 2.05) is 6.92 Å². The summed E-state index contributed by atoms with van der Waals surface area (Å²) in [4.78, 5) is 7.24. The summed E-state index contributed by atoms with van der Waals surface area (Å²) in [6.45, 7) is 2.48. The number of aryl methyl sites for hydroxylation is 1. The second-order valence-corrected chi connectivity index (χ2v) is 3.10. The van der Waals surface area contributed by atoms with E-state index < -0.39 is 5.95 Å². The third kappa shape index (κ3) is 2.28. The number of aromatic amines is 1. The molecule has 0 aliphatic carbocycles. The molecule has 0 amide bonds. The molecule has 0 atom stereocenters. The van der Waals surface area contributed by atoms with Gasteiger partial charge in [0.1, 0.15) is 12.1 Å². The van der Waals surface area contributed by atoms with Gasteiger partial charge in [0.15, 0.2) is 0 Å². The van der Waals surface area contributed by atoms with Crippen LogP contribution >= 0.6 is 0 Å². The molecule has 0 spiro atoms. The minimum atomic E-state index is -0.545. The molecule has 2 aromatic rings. The molecule has 6 heteroatoms. The Balaban J connectivity index is 2.02. The number of halogens is 1. The van der Waals surface area contributed by atoms with Crippen molar-refractivity contribution < 1.29 is 4.39 Å². The van der Waals surface area contributed by atoms with Crippen LogP contribution in [0.2, 0.25) is 0 Å². The van der Waals surface area contributed by atoms with E-state index in [1.54, 1.807) is 6.20 Å². The van der Waals surface area contributed by atoms with E-state index in [0.717, 1.165) is 11.3 Å². The standard InChI is InChI=1S/C9H10FN5/c1-6-7(4-14-15-6)3-11-9-2-8(10)12-5-13-9/h2,4-5H,3H2,1H3,(H,14,15)(H,11,12,13). The number of hydrogen-bond acceptors (Lipinski definition) is 4. The van der Waals surface area contributed by atoms with E-state index in [1.165, 1.54) is 12.4 Å². The first-order valence-corrected chi connectivity index (χ1v) is 4.46. The van der Waals surface area contributed by atoms with E-state index in [0.29, 0.717) is 12.4 Å². The van der Waals surface area contributed by atoms with Crippen molar-refractivity contribution >= 4 is 5.82 Å². The maximum atomic E-state index is 12.7. The molecular weight excluding hydrogens is 197 g/mol. The maximum absolute atomic E-state index is 12.7. The molecule has 78 valence electrons. The lowest BCUT2D eigenvalue weighted by Gasteiger charge is -2.03. The third-order valence-corrected chi connectivity index (χ3v) is 2.03. The summed E-state index contributed by atoms with van der Waals surface area (Å²) < 4.78 is 12.7. The monoisotopic (exact) mass is 207 g/mol. The summed E-state index contributed by atoms with van der Waals surface area (Å²) in [5.74, 6) is -0.0838. The van der Waals surface area contributed by atoms with Gasteiger partial charge in [-0.1, -0.05) is 0 Å². The van der Waals surface area contributed by atoms with Gasteiger partial charge in [0.2, 0.25) is 5.95 Å². The Morgan fingerprint density at radius 3 is 3.00 bits per heavy atom. The van der Waals surface area contributed by atoms with Crippen molar-refractivity contribution in [1.29, 1.82) is 0 Å². The summed E-state index contributed by atoms with van der Waals surface area (Å²) in [7, 11) is 0. The molecule has 2 heterocycles. The summed E-state index contributed by atoms with van der Waals surface area (Å²) in [6, 6.07) is 1.25. The van der Waals surface area contributed by atoms with Gasteiger partial charge in [0.05, 0.1) is 6.20 Å². The van der Waals surface area contributed by atoms with Crippen molar-refractivity contribution in [2.24, 2.45) is 0 Å². The van der Waals surface area contributed by atoms with E-state index >= 15 is 0 Å². The molecule has 0 aromatic carbocycles. The predicted molar refractivity (Wildman–Crippen MR) is 52.6 cm³/mol. The lowest BCUT2D eigenvalue weighted by Crippen LogP contribution is -2.02. The Morgan fingerprint density at radius 1 is 1.47 bits per heavy atom. The molecule has 0 bridgehead atoms. The summed E-state index contributed by atoms with van der Waals surface area (Å²) in [5.41, 5.74) is 2.01. The van der Waals surface area contributed by atoms with Crippen LogP contribution in [0.15, 0.2) is 18.6 Å². The molecule has 0 fully saturated rings. The minimum absolute atomic E-state index is 0.461. The Hall–Kier alpha value is -1.98. The molecule has 2 N–H and O–H groups in total. The van der Waals surface area contributed by atoms with Crippen LogP contribution in [0.4, 0.5) is 10.2 Å². The zero-order valence-corrected chi connectivity index (χ0v) is 8.16.